The molecule has 102 heavy (non-hydrogen) atoms. The third-order valence-corrected chi connectivity index (χ3v) is 18.7. The number of fused-ring (bicyclic) bond motifs is 5. The van der Waals surface area contributed by atoms with Crippen molar-refractivity contribution < 1.29 is 81.6 Å². The van der Waals surface area contributed by atoms with Gasteiger partial charge in [0.2, 0.25) is 41.3 Å². The zero-order chi connectivity index (χ0) is 74.2. The van der Waals surface area contributed by atoms with E-state index in [-0.39, 0.29) is 105 Å². The maximum absolute atomic E-state index is 15.0. The Kier molecular flexibility index (Phi) is 27.0. The number of ketones is 2. The van der Waals surface area contributed by atoms with Crippen LogP contribution in [-0.4, -0.2) is 212 Å². The molecule has 4 aromatic rings. The molecule has 6 N–H and O–H groups in total. The van der Waals surface area contributed by atoms with Crippen LogP contribution in [0.4, 0.5) is 5.69 Å². The van der Waals surface area contributed by atoms with Gasteiger partial charge in [-0.15, -0.1) is 0 Å². The number of esters is 2. The number of hydrogen-bond donors (Lipinski definition) is 6. The van der Waals surface area contributed by atoms with Crippen LogP contribution >= 0.6 is 11.6 Å². The van der Waals surface area contributed by atoms with Crippen LogP contribution in [0.15, 0.2) is 113 Å². The number of aromatic nitrogens is 2. The molecule has 5 aliphatic rings. The fourth-order valence-corrected chi connectivity index (χ4v) is 13.3. The van der Waals surface area contributed by atoms with E-state index in [0.717, 1.165) is 5.57 Å². The normalized spacial score (nSPS) is 26.9. The molecule has 2 bridgehead atoms. The van der Waals surface area contributed by atoms with Gasteiger partial charge in [-0.25, -0.2) is 19.6 Å². The second-order valence-electron chi connectivity index (χ2n) is 26.6. The van der Waals surface area contributed by atoms with Crippen molar-refractivity contribution in [2.45, 2.75) is 166 Å². The van der Waals surface area contributed by atoms with Crippen molar-refractivity contribution in [1.82, 2.24) is 50.8 Å². The number of aliphatic hydroxyl groups excluding tert-OH is 1. The molecular formula is C73H90ClN11O17. The standard InChI is InChI=1S/C45H53ClN8O10.C28H37N3O7/c1-6-30-42(60)53-20-11-14-32(53)43(61)52(5)34(23-26-16-17-31(51(3)4)29(46)22-26)44(62)54-21-18-28(55)24-33(54)39(57)50-37(27-12-8-7-9-13-27)45(63)64-25(2)36(40(58)48-30)49-41(59)38-35(56)15-10-19-47-38;1-17(2)26-19(4)9-10-24(34)29-11-5-7-18(3)13-20(32)14-21(33)15-25-30-22(16-37-25)27(35)31-12-6-8-23(31)28(36)38-26/h7-10,12-13,15-17,19,22,25,30,32-34,36-37,56H,6,11,14,18,20-21,23-24H2,1-5H3,(H,48,58)(H,49,59)(H,50,57);5,7,9-10,13,16-17,19-20,23,26,32H,6,8,11-12,14-15H2,1-4H3,(H,29,34)/b;7-5-,10-9-,18-13-/t25-,30-,32+,33+,34+,36+,37+;19-,20-,23-,26-/m11/s1. The molecule has 11 atom stereocenters. The van der Waals surface area contributed by atoms with Gasteiger partial charge in [-0.1, -0.05) is 106 Å². The molecule has 0 unspecified atom stereocenters. The predicted molar refractivity (Wildman–Crippen MR) is 372 cm³/mol. The fraction of sp³-hybridized carbons (Fsp3) is 0.479. The molecule has 28 nitrogen and oxygen atoms in total. The van der Waals surface area contributed by atoms with E-state index in [9.17, 15) is 63.0 Å². The number of likely N-dealkylation sites (N-methyl/N-ethyl adjacent to an activating group) is 1. The highest BCUT2D eigenvalue weighted by Gasteiger charge is 2.47. The number of rotatable bonds is 8. The number of cyclic esters (lactones) is 2. The second-order valence-corrected chi connectivity index (χ2v) is 27.0. The number of aliphatic hydroxyl groups is 1. The number of nitrogens with one attached hydrogen (secondary N) is 4. The zero-order valence-corrected chi connectivity index (χ0v) is 59.4. The molecule has 546 valence electrons. The molecule has 2 aromatic carbocycles. The summed E-state index contributed by atoms with van der Waals surface area (Å²) >= 11 is 6.66. The first kappa shape index (κ1) is 77.6. The maximum atomic E-state index is 15.0. The average Bonchev–Trinajstić information content (AvgIpc) is 1.74. The summed E-state index contributed by atoms with van der Waals surface area (Å²) in [6, 6.07) is 6.91. The third kappa shape index (κ3) is 19.7. The summed E-state index contributed by atoms with van der Waals surface area (Å²) in [6.07, 6.45) is 8.60. The zero-order valence-electron chi connectivity index (χ0n) is 58.7. The van der Waals surface area contributed by atoms with E-state index in [4.69, 9.17) is 25.5 Å². The molecule has 0 saturated carbocycles. The Bertz CT molecular complexity index is 3870. The number of hydrogen-bond acceptors (Lipinski definition) is 20. The second kappa shape index (κ2) is 35.5. The number of carbonyl (C=O) groups excluding carboxylic acids is 12. The number of carbonyl (C=O) groups is 12. The van der Waals surface area contributed by atoms with E-state index in [1.165, 1.54) is 64.2 Å². The van der Waals surface area contributed by atoms with Crippen molar-refractivity contribution in [3.05, 3.63) is 143 Å². The highest BCUT2D eigenvalue weighted by Crippen LogP contribution is 2.31. The maximum Gasteiger partial charge on any atom is 0.333 e. The van der Waals surface area contributed by atoms with Crippen LogP contribution in [0.3, 0.4) is 0 Å². The number of oxazole rings is 1. The molecule has 7 heterocycles. The Morgan fingerprint density at radius 1 is 0.804 bits per heavy atom. The van der Waals surface area contributed by atoms with Crippen molar-refractivity contribution >= 4 is 88.1 Å². The molecule has 8 amide bonds. The van der Waals surface area contributed by atoms with Crippen molar-refractivity contribution in [2.75, 3.05) is 52.2 Å². The lowest BCUT2D eigenvalue weighted by molar-refractivity contribution is -0.158. The number of nitrogens with zero attached hydrogens (tertiary/aromatic N) is 7. The van der Waals surface area contributed by atoms with Crippen LogP contribution in [0.25, 0.3) is 0 Å². The number of piperidine rings is 1. The summed E-state index contributed by atoms with van der Waals surface area (Å²) < 4.78 is 17.1. The summed E-state index contributed by atoms with van der Waals surface area (Å²) in [5.74, 6) is -8.25. The molecular weight excluding hydrogens is 1340 g/mol. The van der Waals surface area contributed by atoms with Crippen LogP contribution in [-0.2, 0) is 70.3 Å². The van der Waals surface area contributed by atoms with Gasteiger partial charge in [0.25, 0.3) is 11.8 Å². The van der Waals surface area contributed by atoms with Crippen molar-refractivity contribution in [3.8, 4) is 5.75 Å². The lowest BCUT2D eigenvalue weighted by Crippen LogP contribution is -2.61. The van der Waals surface area contributed by atoms with Crippen LogP contribution in [0.1, 0.15) is 137 Å². The number of amides is 8. The highest BCUT2D eigenvalue weighted by atomic mass is 35.5. The van der Waals surface area contributed by atoms with Gasteiger partial charge in [0, 0.05) is 85.1 Å². The first-order chi connectivity index (χ1) is 48.5. The minimum Gasteiger partial charge on any atom is -0.505 e. The fourth-order valence-electron chi connectivity index (χ4n) is 13.0. The van der Waals surface area contributed by atoms with E-state index in [1.807, 2.05) is 39.8 Å². The first-order valence-corrected chi connectivity index (χ1v) is 34.6. The molecule has 4 saturated heterocycles. The Balaban J connectivity index is 0.000000296. The number of anilines is 1. The predicted octanol–water partition coefficient (Wildman–Crippen LogP) is 4.46. The van der Waals surface area contributed by atoms with E-state index in [2.05, 4.69) is 31.2 Å². The Morgan fingerprint density at radius 2 is 1.51 bits per heavy atom. The van der Waals surface area contributed by atoms with Gasteiger partial charge in [-0.2, -0.15) is 0 Å². The van der Waals surface area contributed by atoms with Gasteiger partial charge in [0.1, 0.15) is 72.0 Å². The first-order valence-electron chi connectivity index (χ1n) is 34.2. The monoisotopic (exact) mass is 1430 g/mol. The Morgan fingerprint density at radius 3 is 2.20 bits per heavy atom. The molecule has 9 rings (SSSR count). The lowest BCUT2D eigenvalue weighted by Gasteiger charge is -2.40. The molecule has 0 aliphatic carbocycles. The summed E-state index contributed by atoms with van der Waals surface area (Å²) in [6.45, 7) is 11.1. The van der Waals surface area contributed by atoms with Crippen LogP contribution in [0, 0.1) is 11.8 Å². The summed E-state index contributed by atoms with van der Waals surface area (Å²) in [7, 11) is 5.10. The van der Waals surface area contributed by atoms with Crippen LogP contribution in [0.2, 0.25) is 5.02 Å². The highest BCUT2D eigenvalue weighted by molar-refractivity contribution is 6.33. The SMILES string of the molecule is CC1=C/[C@@H](O)CC(=O)Cc2nc(co2)C(=O)N2CCC[C@@H]2C(=O)O[C@H](C(C)C)[C@H](C)/C=C\C(=O)NC/C=C\1.CC[C@H]1NC(=O)[C@@H](NC(=O)c2ncccc2O)[C@@H](C)OC(=O)[C@H](c2ccccc2)NC(=O)[C@@H]2CC(=O)CCN2C(=O)[C@H](Cc2ccc(N(C)C)c(Cl)c2)N(C)C(=O)[C@@H]2CCCN2C1=O. The van der Waals surface area contributed by atoms with Crippen LogP contribution in [0.5, 0.6) is 5.75 Å². The molecule has 5 aliphatic heterocycles. The summed E-state index contributed by atoms with van der Waals surface area (Å²) in [5, 5.41) is 31.6. The number of benzene rings is 2. The van der Waals surface area contributed by atoms with E-state index in [1.54, 1.807) is 86.7 Å². The van der Waals surface area contributed by atoms with E-state index < -0.39 is 132 Å². The minimum atomic E-state index is -1.69. The number of halogens is 1. The van der Waals surface area contributed by atoms with Crippen LogP contribution < -0.4 is 26.2 Å². The van der Waals surface area contributed by atoms with E-state index >= 15 is 4.79 Å². The minimum absolute atomic E-state index is 0.00930. The number of allylic oxidation sites excluding steroid dienone is 2. The molecule has 0 spiro atoms. The number of Topliss-reactive ketones (excluding diaryl/α,β-unsaturated/α-hetero) is 2. The quantitative estimate of drug-likeness (QED) is 0.133. The average molecular weight is 1430 g/mol. The molecule has 0 radical (unpaired) electrons. The van der Waals surface area contributed by atoms with Crippen molar-refractivity contribution in [2.24, 2.45) is 11.8 Å². The number of aromatic hydroxyl groups is 1. The molecule has 4 fully saturated rings. The number of ether oxygens (including phenoxy) is 2. The summed E-state index contributed by atoms with van der Waals surface area (Å²) in [5.41, 5.74) is 1.86. The number of pyridine rings is 1. The van der Waals surface area contributed by atoms with Gasteiger partial charge >= 0.3 is 11.9 Å². The smallest absolute Gasteiger partial charge is 0.333 e. The van der Waals surface area contributed by atoms with Gasteiger partial charge < -0.3 is 69.9 Å². The van der Waals surface area contributed by atoms with Gasteiger partial charge in [-0.3, -0.25) is 47.9 Å². The van der Waals surface area contributed by atoms with Crippen molar-refractivity contribution in [1.29, 1.82) is 0 Å². The molecule has 2 aromatic heterocycles. The van der Waals surface area contributed by atoms with Gasteiger partial charge in [0.15, 0.2) is 17.4 Å². The van der Waals surface area contributed by atoms with Gasteiger partial charge in [-0.05, 0) is 93.3 Å². The van der Waals surface area contributed by atoms with Gasteiger partial charge in [0.05, 0.1) is 23.2 Å². The lowest BCUT2D eigenvalue weighted by atomic mass is 9.94. The molecule has 29 heteroatoms. The third-order valence-electron chi connectivity index (χ3n) is 18.4. The summed E-state index contributed by atoms with van der Waals surface area (Å²) in [4.78, 5) is 180. The largest absolute Gasteiger partial charge is 0.505 e. The topological polar surface area (TPSA) is 367 Å². The van der Waals surface area contributed by atoms with E-state index in [0.29, 0.717) is 42.1 Å². The Hall–Kier alpha value is -10.1. The Labute approximate surface area is 596 Å². The van der Waals surface area contributed by atoms with Crippen molar-refractivity contribution in [3.63, 3.8) is 0 Å².